The number of carbonyl (C=O) groups is 1. The summed E-state index contributed by atoms with van der Waals surface area (Å²) in [5, 5.41) is 11.5. The first-order valence-corrected chi connectivity index (χ1v) is 17.9. The zero-order valence-corrected chi connectivity index (χ0v) is 27.9. The minimum atomic E-state index is -0.919. The van der Waals surface area contributed by atoms with E-state index in [0.717, 1.165) is 91.8 Å². The third-order valence-electron chi connectivity index (χ3n) is 10.8. The highest BCUT2D eigenvalue weighted by Gasteiger charge is 2.45. The normalized spacial score (nSPS) is 26.2. The van der Waals surface area contributed by atoms with Crippen molar-refractivity contribution < 1.29 is 19.4 Å². The number of aryl methyl sites for hydroxylation is 1. The molecule has 5 atom stereocenters. The number of rotatable bonds is 9. The molecule has 2 heterocycles. The molecule has 1 saturated carbocycles. The van der Waals surface area contributed by atoms with Gasteiger partial charge in [-0.15, -0.1) is 0 Å². The van der Waals surface area contributed by atoms with Crippen LogP contribution in [-0.4, -0.2) is 59.7 Å². The van der Waals surface area contributed by atoms with E-state index in [1.54, 1.807) is 30.2 Å². The number of methoxy groups -OCH3 is 1. The van der Waals surface area contributed by atoms with Crippen LogP contribution >= 0.6 is 23.4 Å². The molecule has 1 fully saturated rings. The molecule has 9 heteroatoms. The van der Waals surface area contributed by atoms with Gasteiger partial charge in [-0.2, -0.15) is 0 Å². The average molecular weight is 660 g/mol. The lowest BCUT2D eigenvalue weighted by Gasteiger charge is -2.47. The van der Waals surface area contributed by atoms with Crippen LogP contribution in [0.5, 0.6) is 5.75 Å². The van der Waals surface area contributed by atoms with E-state index >= 15 is 0 Å². The highest BCUT2D eigenvalue weighted by Crippen LogP contribution is 2.48. The summed E-state index contributed by atoms with van der Waals surface area (Å²) in [5.41, 5.74) is 5.05. The SMILES string of the molecule is CO[C@H](C1=CC[C@@H](CSc2ncccn2)CC1)[C@@H]1CC[C@H]1CN1CC2(CCCc3cc(Cl)ccc32)COc2ccc(C(=O)O)cc21. The van der Waals surface area contributed by atoms with E-state index in [1.165, 1.54) is 16.7 Å². The predicted molar refractivity (Wildman–Crippen MR) is 182 cm³/mol. The summed E-state index contributed by atoms with van der Waals surface area (Å²) in [7, 11) is 1.86. The zero-order valence-electron chi connectivity index (χ0n) is 26.4. The molecule has 0 bridgehead atoms. The van der Waals surface area contributed by atoms with Crippen LogP contribution in [0.15, 0.2) is 71.7 Å². The number of allylic oxidation sites excluding steroid dienone is 1. The number of anilines is 1. The summed E-state index contributed by atoms with van der Waals surface area (Å²) >= 11 is 8.18. The van der Waals surface area contributed by atoms with Crippen LogP contribution in [0.3, 0.4) is 0 Å². The first-order valence-electron chi connectivity index (χ1n) is 16.6. The van der Waals surface area contributed by atoms with Gasteiger partial charge in [-0.1, -0.05) is 35.5 Å². The van der Waals surface area contributed by atoms with Crippen molar-refractivity contribution in [2.75, 3.05) is 37.5 Å². The molecule has 4 aliphatic rings. The van der Waals surface area contributed by atoms with Crippen molar-refractivity contribution in [1.29, 1.82) is 0 Å². The van der Waals surface area contributed by atoms with Crippen LogP contribution in [-0.2, 0) is 16.6 Å². The maximum absolute atomic E-state index is 12.0. The first-order chi connectivity index (χ1) is 22.4. The topological polar surface area (TPSA) is 84.8 Å². The number of hydrogen-bond acceptors (Lipinski definition) is 7. The molecular formula is C37H42ClN3O4S. The second-order valence-corrected chi connectivity index (χ2v) is 14.9. The molecule has 0 amide bonds. The number of carboxylic acids is 1. The van der Waals surface area contributed by atoms with Crippen molar-refractivity contribution in [2.45, 2.75) is 68.0 Å². The Morgan fingerprint density at radius 2 is 2.04 bits per heavy atom. The molecule has 2 aromatic carbocycles. The molecule has 46 heavy (non-hydrogen) atoms. The van der Waals surface area contributed by atoms with Crippen LogP contribution in [0.25, 0.3) is 0 Å². The molecule has 3 aromatic rings. The highest BCUT2D eigenvalue weighted by molar-refractivity contribution is 7.99. The summed E-state index contributed by atoms with van der Waals surface area (Å²) < 4.78 is 12.8. The molecule has 1 N–H and O–H groups in total. The van der Waals surface area contributed by atoms with E-state index in [-0.39, 0.29) is 17.1 Å². The van der Waals surface area contributed by atoms with Gasteiger partial charge in [0.1, 0.15) is 5.75 Å². The maximum Gasteiger partial charge on any atom is 0.335 e. The van der Waals surface area contributed by atoms with E-state index in [2.05, 4.69) is 33.1 Å². The summed E-state index contributed by atoms with van der Waals surface area (Å²) in [4.78, 5) is 23.2. The van der Waals surface area contributed by atoms with Gasteiger partial charge in [0.15, 0.2) is 5.16 Å². The Morgan fingerprint density at radius 3 is 2.78 bits per heavy atom. The molecule has 1 aliphatic heterocycles. The number of fused-ring (bicyclic) bond motifs is 3. The average Bonchev–Trinajstić information content (AvgIpc) is 3.22. The van der Waals surface area contributed by atoms with E-state index < -0.39 is 5.97 Å². The highest BCUT2D eigenvalue weighted by atomic mass is 35.5. The van der Waals surface area contributed by atoms with Crippen LogP contribution in [0.2, 0.25) is 5.02 Å². The van der Waals surface area contributed by atoms with Gasteiger partial charge in [0.25, 0.3) is 0 Å². The summed E-state index contributed by atoms with van der Waals surface area (Å²) in [6, 6.07) is 13.5. The van der Waals surface area contributed by atoms with Crippen molar-refractivity contribution in [2.24, 2.45) is 17.8 Å². The zero-order chi connectivity index (χ0) is 31.7. The van der Waals surface area contributed by atoms with Crippen molar-refractivity contribution in [3.8, 4) is 5.75 Å². The fourth-order valence-electron chi connectivity index (χ4n) is 8.22. The Bertz CT molecular complexity index is 1600. The van der Waals surface area contributed by atoms with Crippen molar-refractivity contribution in [3.63, 3.8) is 0 Å². The Morgan fingerprint density at radius 1 is 1.17 bits per heavy atom. The third-order valence-corrected chi connectivity index (χ3v) is 12.1. The van der Waals surface area contributed by atoms with Crippen LogP contribution in [0, 0.1) is 17.8 Å². The number of nitrogens with zero attached hydrogens (tertiary/aromatic N) is 3. The molecular weight excluding hydrogens is 618 g/mol. The van der Waals surface area contributed by atoms with Crippen molar-refractivity contribution in [1.82, 2.24) is 9.97 Å². The van der Waals surface area contributed by atoms with E-state index in [1.807, 2.05) is 31.4 Å². The lowest BCUT2D eigenvalue weighted by molar-refractivity contribution is 0.00323. The Kier molecular flexibility index (Phi) is 9.30. The molecule has 0 radical (unpaired) electrons. The van der Waals surface area contributed by atoms with Crippen LogP contribution in [0.1, 0.15) is 66.4 Å². The molecule has 1 unspecified atom stereocenters. The van der Waals surface area contributed by atoms with Crippen molar-refractivity contribution >= 4 is 35.0 Å². The second-order valence-electron chi connectivity index (χ2n) is 13.5. The molecule has 3 aliphatic carbocycles. The smallest absolute Gasteiger partial charge is 0.335 e. The van der Waals surface area contributed by atoms with Gasteiger partial charge in [0, 0.05) is 48.8 Å². The Balaban J connectivity index is 1.11. The monoisotopic (exact) mass is 659 g/mol. The number of halogens is 1. The Hall–Kier alpha value is -3.07. The summed E-state index contributed by atoms with van der Waals surface area (Å²) in [6.07, 6.45) is 14.8. The maximum atomic E-state index is 12.0. The van der Waals surface area contributed by atoms with Gasteiger partial charge in [-0.25, -0.2) is 14.8 Å². The summed E-state index contributed by atoms with van der Waals surface area (Å²) in [6.45, 7) is 2.19. The van der Waals surface area contributed by atoms with Crippen molar-refractivity contribution in [3.05, 3.63) is 88.2 Å². The number of thioether (sulfide) groups is 1. The Labute approximate surface area is 280 Å². The lowest BCUT2D eigenvalue weighted by Crippen LogP contribution is -2.50. The number of ether oxygens (including phenoxy) is 2. The van der Waals surface area contributed by atoms with Crippen LogP contribution < -0.4 is 9.64 Å². The van der Waals surface area contributed by atoms with Gasteiger partial charge >= 0.3 is 5.97 Å². The molecule has 0 saturated heterocycles. The quantitative estimate of drug-likeness (QED) is 0.141. The van der Waals surface area contributed by atoms with E-state index in [4.69, 9.17) is 21.1 Å². The summed E-state index contributed by atoms with van der Waals surface area (Å²) in [5.74, 6) is 2.37. The minimum Gasteiger partial charge on any atom is -0.490 e. The van der Waals surface area contributed by atoms with Gasteiger partial charge in [-0.05, 0) is 122 Å². The molecule has 1 spiro atoms. The standard InChI is InChI=1S/C37H42ClN3O4S/c1-44-34(25-7-5-24(6-8-25)21-46-36-39-16-3-17-40-36)30-12-9-28(30)20-41-22-37(15-2-4-26-18-29(38)11-13-31(26)37)23-45-33-14-10-27(35(42)43)19-32(33)41/h3,7,10-11,13-14,16-19,24,28,30,34H,2,4-6,8-9,12,15,20-23H2,1H3,(H,42,43)/t24-,28+,30-,34-,37?/m1/s1. The van der Waals surface area contributed by atoms with Gasteiger partial charge in [-0.3, -0.25) is 0 Å². The molecule has 7 nitrogen and oxygen atoms in total. The second kappa shape index (κ2) is 13.6. The fourth-order valence-corrected chi connectivity index (χ4v) is 9.38. The fraction of sp³-hybridized carbons (Fsp3) is 0.486. The number of hydrogen-bond donors (Lipinski definition) is 1. The number of benzene rings is 2. The predicted octanol–water partition coefficient (Wildman–Crippen LogP) is 7.86. The van der Waals surface area contributed by atoms with Gasteiger partial charge in [0.05, 0.1) is 24.0 Å². The largest absolute Gasteiger partial charge is 0.490 e. The van der Waals surface area contributed by atoms with Crippen LogP contribution in [0.4, 0.5) is 5.69 Å². The van der Waals surface area contributed by atoms with Gasteiger partial charge in [0.2, 0.25) is 0 Å². The van der Waals surface area contributed by atoms with E-state index in [9.17, 15) is 9.90 Å². The van der Waals surface area contributed by atoms with E-state index in [0.29, 0.717) is 24.4 Å². The number of carboxylic acid groups (broad SMARTS) is 1. The minimum absolute atomic E-state index is 0.115. The number of aromatic carboxylic acids is 1. The molecule has 7 rings (SSSR count). The third kappa shape index (κ3) is 6.41. The molecule has 1 aromatic heterocycles. The first kappa shape index (κ1) is 31.5. The number of aromatic nitrogens is 2. The van der Waals surface area contributed by atoms with Gasteiger partial charge < -0.3 is 19.5 Å². The molecule has 242 valence electrons. The lowest BCUT2D eigenvalue weighted by atomic mass is 9.66.